The SMILES string of the molecule is FC(F)(F)c1ccc(N(c2ccc(C(F)(F)F)cc2)c2ccc3c(c2)C2(c4ccccc4-3)c3ccncc3-c3ncccc32)cc1. The Hall–Kier alpha value is -5.44. The Bertz CT molecular complexity index is 2010. The van der Waals surface area contributed by atoms with Gasteiger partial charge in [0.2, 0.25) is 0 Å². The Morgan fingerprint density at radius 2 is 1.07 bits per heavy atom. The largest absolute Gasteiger partial charge is 0.416 e. The van der Waals surface area contributed by atoms with E-state index in [0.29, 0.717) is 17.1 Å². The Morgan fingerprint density at radius 1 is 0.500 bits per heavy atom. The highest BCUT2D eigenvalue weighted by molar-refractivity contribution is 5.95. The highest BCUT2D eigenvalue weighted by Crippen LogP contribution is 2.62. The number of hydrogen-bond acceptors (Lipinski definition) is 3. The van der Waals surface area contributed by atoms with Crippen molar-refractivity contribution in [3.05, 3.63) is 161 Å². The van der Waals surface area contributed by atoms with E-state index in [2.05, 4.69) is 17.1 Å². The molecular formula is C37H21F6N3. The molecule has 0 saturated carbocycles. The number of halogens is 6. The van der Waals surface area contributed by atoms with Gasteiger partial charge in [-0.25, -0.2) is 0 Å². The number of pyridine rings is 2. The molecule has 2 heterocycles. The third-order valence-corrected chi connectivity index (χ3v) is 8.88. The average molecular weight is 622 g/mol. The maximum Gasteiger partial charge on any atom is 0.416 e. The zero-order valence-electron chi connectivity index (χ0n) is 23.7. The number of fused-ring (bicyclic) bond motifs is 10. The Morgan fingerprint density at radius 3 is 1.72 bits per heavy atom. The van der Waals surface area contributed by atoms with Gasteiger partial charge in [0.1, 0.15) is 0 Å². The van der Waals surface area contributed by atoms with E-state index < -0.39 is 28.9 Å². The summed E-state index contributed by atoms with van der Waals surface area (Å²) in [7, 11) is 0. The zero-order chi connectivity index (χ0) is 31.8. The molecule has 2 aromatic heterocycles. The molecule has 1 unspecified atom stereocenters. The van der Waals surface area contributed by atoms with Crippen molar-refractivity contribution in [2.24, 2.45) is 0 Å². The molecule has 0 saturated heterocycles. The van der Waals surface area contributed by atoms with E-state index in [4.69, 9.17) is 4.98 Å². The van der Waals surface area contributed by atoms with Gasteiger partial charge in [0, 0.05) is 41.2 Å². The minimum atomic E-state index is -4.55. The van der Waals surface area contributed by atoms with Crippen LogP contribution in [0.2, 0.25) is 0 Å². The van der Waals surface area contributed by atoms with Crippen LogP contribution >= 0.6 is 0 Å². The Kier molecular flexibility index (Phi) is 5.97. The van der Waals surface area contributed by atoms with Crippen LogP contribution < -0.4 is 4.90 Å². The summed E-state index contributed by atoms with van der Waals surface area (Å²) in [6, 6.07) is 29.0. The van der Waals surface area contributed by atoms with Gasteiger partial charge in [0.15, 0.2) is 0 Å². The highest BCUT2D eigenvalue weighted by atomic mass is 19.4. The van der Waals surface area contributed by atoms with Crippen LogP contribution in [0.15, 0.2) is 128 Å². The normalized spacial score (nSPS) is 16.1. The number of alkyl halides is 6. The van der Waals surface area contributed by atoms with E-state index in [1.807, 2.05) is 48.5 Å². The molecule has 2 aliphatic rings. The molecule has 0 fully saturated rings. The molecule has 3 nitrogen and oxygen atoms in total. The van der Waals surface area contributed by atoms with Crippen LogP contribution in [0.1, 0.15) is 33.4 Å². The minimum absolute atomic E-state index is 0.357. The van der Waals surface area contributed by atoms with Crippen molar-refractivity contribution in [2.45, 2.75) is 17.8 Å². The van der Waals surface area contributed by atoms with E-state index in [1.54, 1.807) is 23.5 Å². The summed E-state index contributed by atoms with van der Waals surface area (Å²) in [6.07, 6.45) is -3.81. The van der Waals surface area contributed by atoms with Crippen molar-refractivity contribution in [1.29, 1.82) is 0 Å². The van der Waals surface area contributed by atoms with Gasteiger partial charge >= 0.3 is 12.4 Å². The Labute approximate surface area is 259 Å². The van der Waals surface area contributed by atoms with Crippen molar-refractivity contribution in [3.63, 3.8) is 0 Å². The van der Waals surface area contributed by atoms with Crippen LogP contribution in [0, 0.1) is 0 Å². The highest BCUT2D eigenvalue weighted by Gasteiger charge is 2.52. The smallest absolute Gasteiger partial charge is 0.310 e. The van der Waals surface area contributed by atoms with Crippen LogP contribution in [0.5, 0.6) is 0 Å². The summed E-state index contributed by atoms with van der Waals surface area (Å²) in [4.78, 5) is 10.8. The van der Waals surface area contributed by atoms with Crippen molar-refractivity contribution in [1.82, 2.24) is 9.97 Å². The van der Waals surface area contributed by atoms with Gasteiger partial charge in [0.25, 0.3) is 0 Å². The van der Waals surface area contributed by atoms with Crippen molar-refractivity contribution < 1.29 is 26.3 Å². The number of rotatable bonds is 3. The summed E-state index contributed by atoms with van der Waals surface area (Å²) in [5, 5.41) is 0. The number of anilines is 3. The molecule has 0 radical (unpaired) electrons. The molecule has 1 atom stereocenters. The monoisotopic (exact) mass is 621 g/mol. The molecule has 8 rings (SSSR count). The fraction of sp³-hybridized carbons (Fsp3) is 0.0811. The quantitative estimate of drug-likeness (QED) is 0.184. The molecule has 9 heteroatoms. The van der Waals surface area contributed by atoms with E-state index in [9.17, 15) is 26.3 Å². The summed E-state index contributed by atoms with van der Waals surface area (Å²) in [5.41, 5.74) is 6.50. The predicted octanol–water partition coefficient (Wildman–Crippen LogP) is 10.3. The average Bonchev–Trinajstić information content (AvgIpc) is 3.52. The number of nitrogens with zero attached hydrogens (tertiary/aromatic N) is 3. The molecule has 226 valence electrons. The molecule has 6 aromatic rings. The Balaban J connectivity index is 1.38. The zero-order valence-corrected chi connectivity index (χ0v) is 23.7. The first-order chi connectivity index (χ1) is 22.1. The molecule has 46 heavy (non-hydrogen) atoms. The van der Waals surface area contributed by atoms with Crippen LogP contribution in [-0.2, 0) is 17.8 Å². The lowest BCUT2D eigenvalue weighted by Crippen LogP contribution is -2.26. The van der Waals surface area contributed by atoms with Crippen LogP contribution in [0.3, 0.4) is 0 Å². The lowest BCUT2D eigenvalue weighted by Gasteiger charge is -2.32. The van der Waals surface area contributed by atoms with Crippen molar-refractivity contribution >= 4 is 17.1 Å². The van der Waals surface area contributed by atoms with E-state index in [-0.39, 0.29) is 0 Å². The summed E-state index contributed by atoms with van der Waals surface area (Å²) in [6.45, 7) is 0. The lowest BCUT2D eigenvalue weighted by molar-refractivity contribution is -0.138. The molecule has 0 amide bonds. The molecule has 2 aliphatic carbocycles. The second kappa shape index (κ2) is 9.78. The van der Waals surface area contributed by atoms with E-state index >= 15 is 0 Å². The van der Waals surface area contributed by atoms with Gasteiger partial charge in [-0.2, -0.15) is 26.3 Å². The van der Waals surface area contributed by atoms with Gasteiger partial charge in [-0.3, -0.25) is 9.97 Å². The van der Waals surface area contributed by atoms with Gasteiger partial charge in [-0.05, 0) is 106 Å². The molecule has 4 aromatic carbocycles. The maximum atomic E-state index is 13.5. The fourth-order valence-corrected chi connectivity index (χ4v) is 7.01. The first kappa shape index (κ1) is 28.1. The van der Waals surface area contributed by atoms with Crippen LogP contribution in [0.25, 0.3) is 22.4 Å². The van der Waals surface area contributed by atoms with Gasteiger partial charge in [0.05, 0.1) is 22.2 Å². The minimum Gasteiger partial charge on any atom is -0.310 e. The van der Waals surface area contributed by atoms with Gasteiger partial charge in [-0.15, -0.1) is 0 Å². The molecule has 1 spiro atoms. The number of hydrogen-bond donors (Lipinski definition) is 0. The summed E-state index contributed by atoms with van der Waals surface area (Å²) < 4.78 is 80.9. The molecule has 0 aliphatic heterocycles. The first-order valence-electron chi connectivity index (χ1n) is 14.4. The number of aromatic nitrogens is 2. The third kappa shape index (κ3) is 4.00. The second-order valence-electron chi connectivity index (χ2n) is 11.3. The summed E-state index contributed by atoms with van der Waals surface area (Å²) in [5.74, 6) is 0. The van der Waals surface area contributed by atoms with Crippen LogP contribution in [0.4, 0.5) is 43.4 Å². The standard InChI is InChI=1S/C37H21F6N3/c38-36(39,40)22-7-11-24(12-8-22)46(25-13-9-23(10-14-25)37(41,42)43)26-15-16-28-27-4-1-2-5-30(27)35(33(28)20-26)31-17-19-44-21-29(31)34-32(35)6-3-18-45-34/h1-21H. The molecule has 0 N–H and O–H groups in total. The third-order valence-electron chi connectivity index (χ3n) is 8.88. The second-order valence-corrected chi connectivity index (χ2v) is 11.3. The number of benzene rings is 4. The first-order valence-corrected chi connectivity index (χ1v) is 14.4. The maximum absolute atomic E-state index is 13.5. The fourth-order valence-electron chi connectivity index (χ4n) is 7.01. The predicted molar refractivity (Wildman–Crippen MR) is 163 cm³/mol. The van der Waals surface area contributed by atoms with Crippen molar-refractivity contribution in [2.75, 3.05) is 4.90 Å². The lowest BCUT2D eigenvalue weighted by atomic mass is 9.71. The molecule has 0 bridgehead atoms. The van der Waals surface area contributed by atoms with Gasteiger partial charge < -0.3 is 4.90 Å². The molecular weight excluding hydrogens is 600 g/mol. The van der Waals surface area contributed by atoms with E-state index in [1.165, 1.54) is 24.3 Å². The van der Waals surface area contributed by atoms with Crippen LogP contribution in [-0.4, -0.2) is 9.97 Å². The summed E-state index contributed by atoms with van der Waals surface area (Å²) >= 11 is 0. The van der Waals surface area contributed by atoms with E-state index in [0.717, 1.165) is 68.9 Å². The van der Waals surface area contributed by atoms with Gasteiger partial charge in [-0.1, -0.05) is 36.4 Å². The van der Waals surface area contributed by atoms with Crippen molar-refractivity contribution in [3.8, 4) is 22.4 Å². The topological polar surface area (TPSA) is 29.0 Å².